The van der Waals surface area contributed by atoms with Crippen LogP contribution in [0, 0.1) is 15.5 Å². The number of nitro benzene ring substituents is 1. The highest BCUT2D eigenvalue weighted by molar-refractivity contribution is 5.66. The SMILES string of the molecule is CNc1c(CN2CCCC(C)(C)CC2)cccc1[N+](=O)[O-]. The first-order valence-electron chi connectivity index (χ1n) is 7.59. The monoisotopic (exact) mass is 291 g/mol. The molecule has 0 saturated carbocycles. The van der Waals surface area contributed by atoms with Crippen molar-refractivity contribution in [2.45, 2.75) is 39.7 Å². The van der Waals surface area contributed by atoms with Gasteiger partial charge in [-0.25, -0.2) is 0 Å². The van der Waals surface area contributed by atoms with Crippen LogP contribution >= 0.6 is 0 Å². The van der Waals surface area contributed by atoms with E-state index in [2.05, 4.69) is 24.1 Å². The Bertz CT molecular complexity index is 514. The average molecular weight is 291 g/mol. The van der Waals surface area contributed by atoms with Crippen molar-refractivity contribution in [3.05, 3.63) is 33.9 Å². The van der Waals surface area contributed by atoms with Gasteiger partial charge in [0.1, 0.15) is 5.69 Å². The van der Waals surface area contributed by atoms with Crippen LogP contribution in [0.25, 0.3) is 0 Å². The van der Waals surface area contributed by atoms with Crippen LogP contribution < -0.4 is 5.32 Å². The molecule has 116 valence electrons. The quantitative estimate of drug-likeness (QED) is 0.679. The molecular formula is C16H25N3O2. The van der Waals surface area contributed by atoms with Crippen molar-refractivity contribution in [3.8, 4) is 0 Å². The molecule has 21 heavy (non-hydrogen) atoms. The fourth-order valence-corrected chi connectivity index (χ4v) is 3.04. The number of nitrogens with one attached hydrogen (secondary N) is 1. The van der Waals surface area contributed by atoms with Gasteiger partial charge < -0.3 is 5.32 Å². The highest BCUT2D eigenvalue weighted by atomic mass is 16.6. The van der Waals surface area contributed by atoms with E-state index in [0.29, 0.717) is 11.1 Å². The summed E-state index contributed by atoms with van der Waals surface area (Å²) in [4.78, 5) is 13.2. The maximum absolute atomic E-state index is 11.1. The summed E-state index contributed by atoms with van der Waals surface area (Å²) in [6, 6.07) is 5.31. The molecule has 0 amide bonds. The number of benzene rings is 1. The highest BCUT2D eigenvalue weighted by Crippen LogP contribution is 2.32. The fourth-order valence-electron chi connectivity index (χ4n) is 3.04. The van der Waals surface area contributed by atoms with Crippen molar-refractivity contribution in [1.82, 2.24) is 4.90 Å². The lowest BCUT2D eigenvalue weighted by Crippen LogP contribution is -2.25. The molecule has 5 nitrogen and oxygen atoms in total. The van der Waals surface area contributed by atoms with Crippen molar-refractivity contribution in [1.29, 1.82) is 0 Å². The van der Waals surface area contributed by atoms with E-state index >= 15 is 0 Å². The lowest BCUT2D eigenvalue weighted by Gasteiger charge is -2.24. The zero-order chi connectivity index (χ0) is 15.5. The topological polar surface area (TPSA) is 58.4 Å². The molecule has 1 heterocycles. The number of rotatable bonds is 4. The first kappa shape index (κ1) is 15.8. The Morgan fingerprint density at radius 1 is 1.33 bits per heavy atom. The Labute approximate surface area is 126 Å². The van der Waals surface area contributed by atoms with Crippen LogP contribution in [-0.2, 0) is 6.54 Å². The fraction of sp³-hybridized carbons (Fsp3) is 0.625. The molecule has 1 fully saturated rings. The smallest absolute Gasteiger partial charge is 0.292 e. The minimum absolute atomic E-state index is 0.158. The third-order valence-corrected chi connectivity index (χ3v) is 4.40. The molecule has 1 N–H and O–H groups in total. The van der Waals surface area contributed by atoms with E-state index in [0.717, 1.165) is 25.2 Å². The number of hydrogen-bond donors (Lipinski definition) is 1. The average Bonchev–Trinajstić information content (AvgIpc) is 2.60. The van der Waals surface area contributed by atoms with Gasteiger partial charge in [0.15, 0.2) is 0 Å². The van der Waals surface area contributed by atoms with Crippen molar-refractivity contribution < 1.29 is 4.92 Å². The molecule has 0 bridgehead atoms. The van der Waals surface area contributed by atoms with Crippen LogP contribution in [0.1, 0.15) is 38.7 Å². The number of anilines is 1. The molecule has 1 aromatic rings. The molecule has 2 rings (SSSR count). The Morgan fingerprint density at radius 2 is 2.10 bits per heavy atom. The second-order valence-electron chi connectivity index (χ2n) is 6.61. The largest absolute Gasteiger partial charge is 0.382 e. The van der Waals surface area contributed by atoms with E-state index in [1.54, 1.807) is 19.2 Å². The summed E-state index contributed by atoms with van der Waals surface area (Å²) in [5.41, 5.74) is 2.21. The molecular weight excluding hydrogens is 266 g/mol. The third kappa shape index (κ3) is 3.94. The summed E-state index contributed by atoms with van der Waals surface area (Å²) >= 11 is 0. The highest BCUT2D eigenvalue weighted by Gasteiger charge is 2.24. The van der Waals surface area contributed by atoms with Gasteiger partial charge in [-0.05, 0) is 43.3 Å². The number of likely N-dealkylation sites (tertiary alicyclic amines) is 1. The second-order valence-corrected chi connectivity index (χ2v) is 6.61. The molecule has 0 aromatic heterocycles. The minimum atomic E-state index is -0.319. The van der Waals surface area contributed by atoms with Crippen LogP contribution in [0.5, 0.6) is 0 Å². The van der Waals surface area contributed by atoms with E-state index in [1.165, 1.54) is 19.3 Å². The number of nitrogens with zero attached hydrogens (tertiary/aromatic N) is 2. The maximum Gasteiger partial charge on any atom is 0.292 e. The number of hydrogen-bond acceptors (Lipinski definition) is 4. The van der Waals surface area contributed by atoms with Crippen LogP contribution in [-0.4, -0.2) is 30.0 Å². The van der Waals surface area contributed by atoms with Crippen LogP contribution in [0.15, 0.2) is 18.2 Å². The molecule has 0 atom stereocenters. The predicted molar refractivity (Wildman–Crippen MR) is 85.6 cm³/mol. The van der Waals surface area contributed by atoms with Gasteiger partial charge in [-0.15, -0.1) is 0 Å². The van der Waals surface area contributed by atoms with Gasteiger partial charge in [0.05, 0.1) is 4.92 Å². The van der Waals surface area contributed by atoms with Crippen LogP contribution in [0.4, 0.5) is 11.4 Å². The zero-order valence-electron chi connectivity index (χ0n) is 13.2. The predicted octanol–water partition coefficient (Wildman–Crippen LogP) is 3.65. The van der Waals surface area contributed by atoms with Gasteiger partial charge in [-0.3, -0.25) is 15.0 Å². The number of nitro groups is 1. The van der Waals surface area contributed by atoms with Crippen molar-refractivity contribution >= 4 is 11.4 Å². The Hall–Kier alpha value is -1.62. The Morgan fingerprint density at radius 3 is 2.76 bits per heavy atom. The summed E-state index contributed by atoms with van der Waals surface area (Å²) < 4.78 is 0. The van der Waals surface area contributed by atoms with Crippen molar-refractivity contribution in [2.75, 3.05) is 25.5 Å². The van der Waals surface area contributed by atoms with Crippen LogP contribution in [0.3, 0.4) is 0 Å². The van der Waals surface area contributed by atoms with Gasteiger partial charge >= 0.3 is 0 Å². The van der Waals surface area contributed by atoms with E-state index < -0.39 is 0 Å². The molecule has 1 saturated heterocycles. The lowest BCUT2D eigenvalue weighted by atomic mass is 9.85. The molecule has 0 radical (unpaired) electrons. The lowest BCUT2D eigenvalue weighted by molar-refractivity contribution is -0.384. The number of para-hydroxylation sites is 1. The van der Waals surface area contributed by atoms with E-state index in [1.807, 2.05) is 6.07 Å². The first-order chi connectivity index (χ1) is 9.93. The van der Waals surface area contributed by atoms with Gasteiger partial charge in [0.25, 0.3) is 5.69 Å². The molecule has 0 spiro atoms. The van der Waals surface area contributed by atoms with E-state index in [4.69, 9.17) is 0 Å². The molecule has 0 aliphatic carbocycles. The summed E-state index contributed by atoms with van der Waals surface area (Å²) in [6.07, 6.45) is 3.62. The van der Waals surface area contributed by atoms with Crippen molar-refractivity contribution in [2.24, 2.45) is 5.41 Å². The summed E-state index contributed by atoms with van der Waals surface area (Å²) in [6.45, 7) is 7.54. The summed E-state index contributed by atoms with van der Waals surface area (Å²) in [5, 5.41) is 14.1. The molecule has 1 aliphatic rings. The Kier molecular flexibility index (Phi) is 4.83. The molecule has 1 aromatic carbocycles. The minimum Gasteiger partial charge on any atom is -0.382 e. The third-order valence-electron chi connectivity index (χ3n) is 4.40. The van der Waals surface area contributed by atoms with Gasteiger partial charge in [0.2, 0.25) is 0 Å². The van der Waals surface area contributed by atoms with E-state index in [9.17, 15) is 10.1 Å². The molecule has 5 heteroatoms. The summed E-state index contributed by atoms with van der Waals surface area (Å²) in [7, 11) is 1.75. The van der Waals surface area contributed by atoms with Gasteiger partial charge in [0, 0.05) is 19.7 Å². The second kappa shape index (κ2) is 6.43. The molecule has 0 unspecified atom stereocenters. The Balaban J connectivity index is 2.16. The first-order valence-corrected chi connectivity index (χ1v) is 7.59. The normalized spacial score (nSPS) is 19.0. The summed E-state index contributed by atoms with van der Waals surface area (Å²) in [5.74, 6) is 0. The van der Waals surface area contributed by atoms with Crippen molar-refractivity contribution in [3.63, 3.8) is 0 Å². The van der Waals surface area contributed by atoms with Crippen LogP contribution in [0.2, 0.25) is 0 Å². The maximum atomic E-state index is 11.1. The van der Waals surface area contributed by atoms with E-state index in [-0.39, 0.29) is 10.6 Å². The van der Waals surface area contributed by atoms with Gasteiger partial charge in [-0.2, -0.15) is 0 Å². The zero-order valence-corrected chi connectivity index (χ0v) is 13.2. The standard InChI is InChI=1S/C16H25N3O2/c1-16(2)8-5-10-18(11-9-16)12-13-6-4-7-14(19(20)21)15(13)17-3/h4,6-7,17H,5,8-12H2,1-3H3. The van der Waals surface area contributed by atoms with Gasteiger partial charge in [-0.1, -0.05) is 26.0 Å². The molecule has 1 aliphatic heterocycles.